The molecule has 4 rings (SSSR count). The number of hydrogen-bond donors (Lipinski definition) is 0. The lowest BCUT2D eigenvalue weighted by Crippen LogP contribution is -2.47. The van der Waals surface area contributed by atoms with Crippen molar-refractivity contribution in [3.8, 4) is 0 Å². The molecule has 1 aliphatic carbocycles. The van der Waals surface area contributed by atoms with E-state index in [-0.39, 0.29) is 18.3 Å². The summed E-state index contributed by atoms with van der Waals surface area (Å²) >= 11 is 12.4. The fraction of sp³-hybridized carbons (Fsp3) is 0.682. The van der Waals surface area contributed by atoms with Crippen LogP contribution in [0, 0.1) is 5.92 Å². The first-order valence-electron chi connectivity index (χ1n) is 10.6. The van der Waals surface area contributed by atoms with Crippen LogP contribution >= 0.6 is 35.6 Å². The van der Waals surface area contributed by atoms with E-state index in [4.69, 9.17) is 23.2 Å². The molecule has 1 unspecified atom stereocenters. The highest BCUT2D eigenvalue weighted by molar-refractivity contribution is 6.42. The van der Waals surface area contributed by atoms with Gasteiger partial charge in [0.05, 0.1) is 16.0 Å². The monoisotopic (exact) mass is 444 g/mol. The number of halogens is 3. The van der Waals surface area contributed by atoms with Gasteiger partial charge in [-0.25, -0.2) is 0 Å². The number of rotatable bonds is 4. The summed E-state index contributed by atoms with van der Waals surface area (Å²) in [6, 6.07) is 6.44. The first-order chi connectivity index (χ1) is 13.1. The average Bonchev–Trinajstić information content (AvgIpc) is 3.39. The summed E-state index contributed by atoms with van der Waals surface area (Å²) in [4.78, 5) is 18.3. The Balaban J connectivity index is 0.00000225. The van der Waals surface area contributed by atoms with E-state index in [2.05, 4.69) is 9.80 Å². The van der Waals surface area contributed by atoms with Crippen molar-refractivity contribution in [1.29, 1.82) is 0 Å². The minimum Gasteiger partial charge on any atom is -0.342 e. The van der Waals surface area contributed by atoms with Crippen LogP contribution in [0.4, 0.5) is 0 Å². The van der Waals surface area contributed by atoms with Crippen molar-refractivity contribution in [3.63, 3.8) is 0 Å². The van der Waals surface area contributed by atoms with Crippen molar-refractivity contribution in [2.45, 2.75) is 63.3 Å². The minimum atomic E-state index is -0.0643. The molecule has 1 saturated carbocycles. The summed E-state index contributed by atoms with van der Waals surface area (Å²) < 4.78 is 0. The Kier molecular flexibility index (Phi) is 7.95. The van der Waals surface area contributed by atoms with Crippen LogP contribution in [0.1, 0.15) is 62.8 Å². The van der Waals surface area contributed by atoms with E-state index in [0.717, 1.165) is 44.3 Å². The van der Waals surface area contributed by atoms with E-state index in [9.17, 15) is 4.79 Å². The van der Waals surface area contributed by atoms with Crippen LogP contribution in [0.2, 0.25) is 10.0 Å². The number of carbonyl (C=O) groups is 1. The molecule has 28 heavy (non-hydrogen) atoms. The smallest absolute Gasteiger partial charge is 0.230 e. The fourth-order valence-corrected chi connectivity index (χ4v) is 5.67. The van der Waals surface area contributed by atoms with Crippen LogP contribution in [0.3, 0.4) is 0 Å². The molecule has 1 aromatic rings. The number of amides is 1. The van der Waals surface area contributed by atoms with Crippen LogP contribution in [-0.2, 0) is 4.79 Å². The van der Waals surface area contributed by atoms with E-state index in [0.29, 0.717) is 27.9 Å². The first kappa shape index (κ1) is 22.2. The predicted octanol–water partition coefficient (Wildman–Crippen LogP) is 5.78. The standard InChI is InChI=1S/C22H30Cl2N2O.ClH/c23-19-8-7-17(15-20(19)24)21(16-5-1-2-6-16)22(27)26-13-9-18(10-14-26)25-11-3-4-12-25;/h7-8,15-16,18,21H,1-6,9-14H2;1H. The van der Waals surface area contributed by atoms with E-state index in [1.165, 1.54) is 38.8 Å². The quantitative estimate of drug-likeness (QED) is 0.587. The summed E-state index contributed by atoms with van der Waals surface area (Å²) in [5.74, 6) is 0.678. The maximum Gasteiger partial charge on any atom is 0.230 e. The van der Waals surface area contributed by atoms with Gasteiger partial charge in [-0.3, -0.25) is 4.79 Å². The van der Waals surface area contributed by atoms with E-state index < -0.39 is 0 Å². The van der Waals surface area contributed by atoms with Crippen molar-refractivity contribution in [3.05, 3.63) is 33.8 Å². The third-order valence-corrected chi connectivity index (χ3v) is 7.61. The normalized spacial score (nSPS) is 23.0. The van der Waals surface area contributed by atoms with Gasteiger partial charge in [-0.05, 0) is 75.2 Å². The van der Waals surface area contributed by atoms with Gasteiger partial charge < -0.3 is 9.80 Å². The number of nitrogens with zero attached hydrogens (tertiary/aromatic N) is 2. The van der Waals surface area contributed by atoms with Gasteiger partial charge in [0.1, 0.15) is 0 Å². The lowest BCUT2D eigenvalue weighted by atomic mass is 9.83. The molecule has 1 aromatic carbocycles. The Labute approximate surface area is 185 Å². The SMILES string of the molecule is Cl.O=C(C(c1ccc(Cl)c(Cl)c1)C1CCCC1)N1CCC(N2CCCC2)CC1. The van der Waals surface area contributed by atoms with Crippen LogP contribution in [-0.4, -0.2) is 47.9 Å². The van der Waals surface area contributed by atoms with Crippen molar-refractivity contribution in [1.82, 2.24) is 9.80 Å². The molecule has 0 radical (unpaired) electrons. The van der Waals surface area contributed by atoms with Gasteiger partial charge in [-0.2, -0.15) is 0 Å². The third-order valence-electron chi connectivity index (χ3n) is 6.87. The number of piperidine rings is 1. The molecule has 1 atom stereocenters. The zero-order valence-corrected chi connectivity index (χ0v) is 18.7. The van der Waals surface area contributed by atoms with Crippen LogP contribution < -0.4 is 0 Å². The highest BCUT2D eigenvalue weighted by Gasteiger charge is 2.37. The Morgan fingerprint density at radius 1 is 0.893 bits per heavy atom. The predicted molar refractivity (Wildman–Crippen MR) is 119 cm³/mol. The van der Waals surface area contributed by atoms with Gasteiger partial charge in [0, 0.05) is 19.1 Å². The van der Waals surface area contributed by atoms with Crippen molar-refractivity contribution in [2.75, 3.05) is 26.2 Å². The number of benzene rings is 1. The number of hydrogen-bond acceptors (Lipinski definition) is 2. The van der Waals surface area contributed by atoms with Crippen LogP contribution in [0.15, 0.2) is 18.2 Å². The second-order valence-corrected chi connectivity index (χ2v) is 9.31. The molecule has 2 saturated heterocycles. The van der Waals surface area contributed by atoms with Gasteiger partial charge in [-0.15, -0.1) is 12.4 Å². The third kappa shape index (κ3) is 4.80. The summed E-state index contributed by atoms with van der Waals surface area (Å²) in [7, 11) is 0. The van der Waals surface area contributed by atoms with E-state index in [1.807, 2.05) is 18.2 Å². The van der Waals surface area contributed by atoms with E-state index in [1.54, 1.807) is 0 Å². The maximum atomic E-state index is 13.5. The van der Waals surface area contributed by atoms with Gasteiger partial charge in [0.2, 0.25) is 5.91 Å². The van der Waals surface area contributed by atoms with E-state index >= 15 is 0 Å². The topological polar surface area (TPSA) is 23.6 Å². The number of carbonyl (C=O) groups excluding carboxylic acids is 1. The Hall–Kier alpha value is -0.480. The maximum absolute atomic E-state index is 13.5. The lowest BCUT2D eigenvalue weighted by molar-refractivity contribution is -0.135. The Morgan fingerprint density at radius 2 is 1.54 bits per heavy atom. The van der Waals surface area contributed by atoms with Crippen LogP contribution in [0.25, 0.3) is 0 Å². The van der Waals surface area contributed by atoms with Crippen molar-refractivity contribution < 1.29 is 4.79 Å². The van der Waals surface area contributed by atoms with Gasteiger partial charge in [0.25, 0.3) is 0 Å². The fourth-order valence-electron chi connectivity index (χ4n) is 5.37. The molecule has 3 aliphatic rings. The largest absolute Gasteiger partial charge is 0.342 e. The molecule has 6 heteroatoms. The first-order valence-corrected chi connectivity index (χ1v) is 11.4. The van der Waals surface area contributed by atoms with Gasteiger partial charge in [0.15, 0.2) is 0 Å². The molecule has 1 amide bonds. The Morgan fingerprint density at radius 3 is 2.14 bits per heavy atom. The molecular weight excluding hydrogens is 415 g/mol. The lowest BCUT2D eigenvalue weighted by Gasteiger charge is -2.39. The summed E-state index contributed by atoms with van der Waals surface area (Å²) in [6.45, 7) is 4.27. The zero-order chi connectivity index (χ0) is 18.8. The summed E-state index contributed by atoms with van der Waals surface area (Å²) in [6.07, 6.45) is 9.64. The molecule has 2 heterocycles. The molecule has 0 bridgehead atoms. The van der Waals surface area contributed by atoms with Gasteiger partial charge in [-0.1, -0.05) is 42.1 Å². The average molecular weight is 446 g/mol. The highest BCUT2D eigenvalue weighted by atomic mass is 35.5. The Bertz CT molecular complexity index is 664. The molecule has 3 fully saturated rings. The van der Waals surface area contributed by atoms with Crippen molar-refractivity contribution in [2.24, 2.45) is 5.92 Å². The van der Waals surface area contributed by atoms with Crippen molar-refractivity contribution >= 4 is 41.5 Å². The molecule has 3 nitrogen and oxygen atoms in total. The van der Waals surface area contributed by atoms with Crippen LogP contribution in [0.5, 0.6) is 0 Å². The summed E-state index contributed by atoms with van der Waals surface area (Å²) in [5, 5.41) is 1.11. The second kappa shape index (κ2) is 10.0. The molecular formula is C22H31Cl3N2O. The minimum absolute atomic E-state index is 0. The molecule has 0 aromatic heterocycles. The molecule has 0 N–H and O–H groups in total. The number of likely N-dealkylation sites (tertiary alicyclic amines) is 2. The second-order valence-electron chi connectivity index (χ2n) is 8.50. The molecule has 2 aliphatic heterocycles. The zero-order valence-electron chi connectivity index (χ0n) is 16.4. The molecule has 0 spiro atoms. The summed E-state index contributed by atoms with van der Waals surface area (Å²) in [5.41, 5.74) is 1.04. The highest BCUT2D eigenvalue weighted by Crippen LogP contribution is 2.40. The van der Waals surface area contributed by atoms with Gasteiger partial charge >= 0.3 is 0 Å². The molecule has 156 valence electrons.